The Morgan fingerprint density at radius 1 is 1.40 bits per heavy atom. The van der Waals surface area contributed by atoms with E-state index in [-0.39, 0.29) is 0 Å². The van der Waals surface area contributed by atoms with Gasteiger partial charge in [0.15, 0.2) is 5.83 Å². The number of hydrogen-bond acceptors (Lipinski definition) is 1. The van der Waals surface area contributed by atoms with E-state index >= 15 is 0 Å². The van der Waals surface area contributed by atoms with Gasteiger partial charge in [-0.25, -0.2) is 4.39 Å². The fourth-order valence-electron chi connectivity index (χ4n) is 1.71. The normalized spacial score (nSPS) is 30.1. The number of rotatable bonds is 2. The van der Waals surface area contributed by atoms with E-state index in [0.29, 0.717) is 6.08 Å². The zero-order valence-electron chi connectivity index (χ0n) is 8.10. The quantitative estimate of drug-likeness (QED) is 0.735. The van der Waals surface area contributed by atoms with E-state index in [2.05, 4.69) is 0 Å². The second-order valence-electron chi connectivity index (χ2n) is 4.18. The van der Waals surface area contributed by atoms with Gasteiger partial charge >= 0.3 is 12.1 Å². The van der Waals surface area contributed by atoms with Crippen molar-refractivity contribution >= 4 is 5.97 Å². The second kappa shape index (κ2) is 3.21. The van der Waals surface area contributed by atoms with Crippen LogP contribution in [0.5, 0.6) is 0 Å². The molecule has 1 aliphatic rings. The van der Waals surface area contributed by atoms with Crippen LogP contribution in [-0.2, 0) is 4.79 Å². The van der Waals surface area contributed by atoms with E-state index in [1.165, 1.54) is 13.8 Å². The highest BCUT2D eigenvalue weighted by atomic mass is 19.4. The smallest absolute Gasteiger partial charge is 0.442 e. The molecule has 1 aliphatic carbocycles. The van der Waals surface area contributed by atoms with Crippen LogP contribution in [0.3, 0.4) is 0 Å². The highest BCUT2D eigenvalue weighted by Crippen LogP contribution is 2.59. The molecule has 86 valence electrons. The van der Waals surface area contributed by atoms with Crippen molar-refractivity contribution in [2.45, 2.75) is 20.0 Å². The van der Waals surface area contributed by atoms with Crippen molar-refractivity contribution in [1.29, 1.82) is 0 Å². The first-order valence-corrected chi connectivity index (χ1v) is 4.26. The molecule has 15 heavy (non-hydrogen) atoms. The summed E-state index contributed by atoms with van der Waals surface area (Å²) in [5, 5.41) is 8.64. The van der Waals surface area contributed by atoms with Gasteiger partial charge in [-0.05, 0) is 17.4 Å². The maximum atomic E-state index is 12.5. The van der Waals surface area contributed by atoms with Gasteiger partial charge in [0.2, 0.25) is 0 Å². The molecule has 1 N–H and O–H groups in total. The largest absolute Gasteiger partial charge is 0.481 e. The van der Waals surface area contributed by atoms with Gasteiger partial charge in [-0.15, -0.1) is 0 Å². The Morgan fingerprint density at radius 2 is 1.87 bits per heavy atom. The molecular weight excluding hydrogens is 216 g/mol. The van der Waals surface area contributed by atoms with Crippen molar-refractivity contribution in [2.24, 2.45) is 17.3 Å². The molecule has 0 unspecified atom stereocenters. The zero-order chi connectivity index (χ0) is 12.0. The molecule has 0 heterocycles. The molecule has 0 aliphatic heterocycles. The lowest BCUT2D eigenvalue weighted by Crippen LogP contribution is -2.08. The Hall–Kier alpha value is -1.07. The number of hydrogen-bond donors (Lipinski definition) is 1. The monoisotopic (exact) mass is 226 g/mol. The van der Waals surface area contributed by atoms with Crippen LogP contribution >= 0.6 is 0 Å². The van der Waals surface area contributed by atoms with Crippen LogP contribution < -0.4 is 0 Å². The van der Waals surface area contributed by atoms with Crippen molar-refractivity contribution in [3.05, 3.63) is 11.9 Å². The lowest BCUT2D eigenvalue weighted by atomic mass is 10.1. The maximum absolute atomic E-state index is 12.5. The molecule has 0 aromatic rings. The molecule has 0 radical (unpaired) electrons. The number of carbonyl (C=O) groups is 1. The summed E-state index contributed by atoms with van der Waals surface area (Å²) in [6.45, 7) is 2.99. The van der Waals surface area contributed by atoms with Crippen LogP contribution in [0.2, 0.25) is 0 Å². The first-order valence-electron chi connectivity index (χ1n) is 4.26. The molecule has 0 spiro atoms. The topological polar surface area (TPSA) is 37.3 Å². The van der Waals surface area contributed by atoms with Crippen molar-refractivity contribution in [1.82, 2.24) is 0 Å². The first-order chi connectivity index (χ1) is 6.58. The molecule has 6 heteroatoms. The molecule has 2 nitrogen and oxygen atoms in total. The van der Waals surface area contributed by atoms with Gasteiger partial charge < -0.3 is 5.11 Å². The van der Waals surface area contributed by atoms with Gasteiger partial charge in [-0.1, -0.05) is 13.8 Å². The number of aliphatic carboxylic acids is 1. The summed E-state index contributed by atoms with van der Waals surface area (Å²) in [6, 6.07) is 0. The Bertz CT molecular complexity index is 317. The van der Waals surface area contributed by atoms with E-state index in [4.69, 9.17) is 5.11 Å². The van der Waals surface area contributed by atoms with E-state index in [1.54, 1.807) is 0 Å². The van der Waals surface area contributed by atoms with Gasteiger partial charge in [0, 0.05) is 0 Å². The molecule has 1 rings (SSSR count). The van der Waals surface area contributed by atoms with Crippen LogP contribution in [0.4, 0.5) is 17.6 Å². The van der Waals surface area contributed by atoms with Gasteiger partial charge in [-0.3, -0.25) is 4.79 Å². The summed E-state index contributed by atoms with van der Waals surface area (Å²) in [4.78, 5) is 10.6. The Balaban J connectivity index is 2.83. The lowest BCUT2D eigenvalue weighted by molar-refractivity contribution is -0.139. The van der Waals surface area contributed by atoms with Crippen LogP contribution in [0.1, 0.15) is 13.8 Å². The number of carboxylic acids is 1. The predicted molar refractivity (Wildman–Crippen MR) is 43.6 cm³/mol. The standard InChI is InChI=1S/C9H10F4O2/c1-8(2)4(6(8)7(14)15)3-5(10)9(11,12)13/h3-4,6H,1-2H3,(H,14,15)/b5-3+/t4-,6+/m1/s1. The average Bonchev–Trinajstić information content (AvgIpc) is 2.50. The van der Waals surface area contributed by atoms with E-state index in [0.717, 1.165) is 0 Å². The molecule has 0 aromatic heterocycles. The van der Waals surface area contributed by atoms with Crippen molar-refractivity contribution in [2.75, 3.05) is 0 Å². The van der Waals surface area contributed by atoms with Crippen molar-refractivity contribution in [3.8, 4) is 0 Å². The minimum atomic E-state index is -5.03. The maximum Gasteiger partial charge on any atom is 0.442 e. The third kappa shape index (κ3) is 2.13. The minimum absolute atomic E-state index is 0.360. The van der Waals surface area contributed by atoms with E-state index in [1.807, 2.05) is 0 Å². The molecule has 0 saturated heterocycles. The summed E-state index contributed by atoms with van der Waals surface area (Å²) in [7, 11) is 0. The first kappa shape index (κ1) is 12.0. The summed E-state index contributed by atoms with van der Waals surface area (Å²) < 4.78 is 48.0. The van der Waals surface area contributed by atoms with Gasteiger partial charge in [0.05, 0.1) is 5.92 Å². The second-order valence-corrected chi connectivity index (χ2v) is 4.18. The zero-order valence-corrected chi connectivity index (χ0v) is 8.10. The third-order valence-electron chi connectivity index (χ3n) is 2.77. The van der Waals surface area contributed by atoms with Gasteiger partial charge in [0.1, 0.15) is 0 Å². The number of alkyl halides is 3. The molecule has 0 amide bonds. The van der Waals surface area contributed by atoms with Crippen LogP contribution in [0.15, 0.2) is 11.9 Å². The van der Waals surface area contributed by atoms with Gasteiger partial charge in [0.25, 0.3) is 0 Å². The molecule has 0 bridgehead atoms. The third-order valence-corrected chi connectivity index (χ3v) is 2.77. The number of allylic oxidation sites excluding steroid dienone is 2. The summed E-state index contributed by atoms with van der Waals surface area (Å²) in [5.74, 6) is -5.25. The molecule has 0 aromatic carbocycles. The van der Waals surface area contributed by atoms with Crippen molar-refractivity contribution in [3.63, 3.8) is 0 Å². The van der Waals surface area contributed by atoms with E-state index < -0.39 is 35.2 Å². The highest BCUT2D eigenvalue weighted by molar-refractivity contribution is 5.76. The SMILES string of the molecule is CC1(C)[C@H](/C=C(/F)C(F)(F)F)[C@H]1C(=O)O. The van der Waals surface area contributed by atoms with Crippen LogP contribution in [0, 0.1) is 17.3 Å². The lowest BCUT2D eigenvalue weighted by Gasteiger charge is -2.02. The fraction of sp³-hybridized carbons (Fsp3) is 0.667. The number of carboxylic acid groups (broad SMARTS) is 1. The summed E-state index contributed by atoms with van der Waals surface area (Å²) in [5.41, 5.74) is -0.811. The molecule has 1 fully saturated rings. The van der Waals surface area contributed by atoms with Crippen LogP contribution in [-0.4, -0.2) is 17.3 Å². The summed E-state index contributed by atoms with van der Waals surface area (Å²) >= 11 is 0. The minimum Gasteiger partial charge on any atom is -0.481 e. The fourth-order valence-corrected chi connectivity index (χ4v) is 1.71. The summed E-state index contributed by atoms with van der Waals surface area (Å²) in [6.07, 6.45) is -4.67. The Kier molecular flexibility index (Phi) is 2.57. The Morgan fingerprint density at radius 3 is 2.13 bits per heavy atom. The van der Waals surface area contributed by atoms with Crippen molar-refractivity contribution < 1.29 is 27.5 Å². The molecule has 2 atom stereocenters. The van der Waals surface area contributed by atoms with E-state index in [9.17, 15) is 22.4 Å². The van der Waals surface area contributed by atoms with Gasteiger partial charge in [-0.2, -0.15) is 13.2 Å². The highest BCUT2D eigenvalue weighted by Gasteiger charge is 2.61. The molecular formula is C9H10F4O2. The average molecular weight is 226 g/mol. The van der Waals surface area contributed by atoms with Crippen LogP contribution in [0.25, 0.3) is 0 Å². The molecule has 1 saturated carbocycles. The Labute approximate surface area is 83.6 Å². The predicted octanol–water partition coefficient (Wildman–Crippen LogP) is 2.76. The number of halogens is 4.